The molecule has 5 nitrogen and oxygen atoms in total. The van der Waals surface area contributed by atoms with Crippen LogP contribution in [0, 0.1) is 5.41 Å². The van der Waals surface area contributed by atoms with Gasteiger partial charge in [-0.3, -0.25) is 9.52 Å². The summed E-state index contributed by atoms with van der Waals surface area (Å²) in [4.78, 5) is 11.8. The van der Waals surface area contributed by atoms with Crippen LogP contribution in [0.25, 0.3) is 0 Å². The Kier molecular flexibility index (Phi) is 4.81. The third-order valence-corrected chi connectivity index (χ3v) is 3.91. The molecule has 0 aliphatic carbocycles. The van der Waals surface area contributed by atoms with E-state index in [4.69, 9.17) is 11.6 Å². The first-order valence-electron chi connectivity index (χ1n) is 5.62. The molecule has 0 aliphatic rings. The largest absolute Gasteiger partial charge is 0.326 e. The molecule has 0 radical (unpaired) electrons. The number of carbonyl (C=O) groups excluding carboxylic acids is 1. The van der Waals surface area contributed by atoms with Gasteiger partial charge in [-0.05, 0) is 18.2 Å². The van der Waals surface area contributed by atoms with Crippen LogP contribution in [0.2, 0.25) is 0 Å². The quantitative estimate of drug-likeness (QED) is 0.840. The zero-order chi connectivity index (χ0) is 14.7. The second kappa shape index (κ2) is 5.79. The minimum Gasteiger partial charge on any atom is -0.326 e. The standard InChI is InChI=1S/C12H17ClN2O3S/c1-12(2,3)11(16)14-9-5-4-6-10(7-9)15-19(17,18)8-13/h4-7,15H,8H2,1-3H3,(H,14,16). The van der Waals surface area contributed by atoms with E-state index < -0.39 is 20.7 Å². The summed E-state index contributed by atoms with van der Waals surface area (Å²) in [5.41, 5.74) is 0.355. The van der Waals surface area contributed by atoms with Crippen LogP contribution >= 0.6 is 11.6 Å². The van der Waals surface area contributed by atoms with E-state index in [-0.39, 0.29) is 5.91 Å². The first-order chi connectivity index (χ1) is 8.64. The Labute approximate surface area is 118 Å². The molecule has 19 heavy (non-hydrogen) atoms. The van der Waals surface area contributed by atoms with E-state index >= 15 is 0 Å². The summed E-state index contributed by atoms with van der Waals surface area (Å²) in [7, 11) is -3.54. The van der Waals surface area contributed by atoms with Crippen LogP contribution in [0.15, 0.2) is 24.3 Å². The molecule has 0 aliphatic heterocycles. The van der Waals surface area contributed by atoms with Gasteiger partial charge in [0.05, 0.1) is 5.69 Å². The third kappa shape index (κ3) is 5.08. The minimum atomic E-state index is -3.54. The molecule has 1 aromatic carbocycles. The van der Waals surface area contributed by atoms with Crippen molar-refractivity contribution in [1.82, 2.24) is 0 Å². The Morgan fingerprint density at radius 2 is 1.84 bits per heavy atom. The van der Waals surface area contributed by atoms with Crippen LogP contribution in [0.3, 0.4) is 0 Å². The lowest BCUT2D eigenvalue weighted by molar-refractivity contribution is -0.123. The van der Waals surface area contributed by atoms with Crippen molar-refractivity contribution in [2.45, 2.75) is 20.8 Å². The number of hydrogen-bond acceptors (Lipinski definition) is 3. The number of anilines is 2. The predicted octanol–water partition coefficient (Wildman–Crippen LogP) is 2.61. The van der Waals surface area contributed by atoms with Gasteiger partial charge in [-0.1, -0.05) is 26.8 Å². The zero-order valence-electron chi connectivity index (χ0n) is 11.0. The average Bonchev–Trinajstić information content (AvgIpc) is 2.27. The van der Waals surface area contributed by atoms with E-state index in [0.717, 1.165) is 0 Å². The third-order valence-electron chi connectivity index (χ3n) is 2.22. The summed E-state index contributed by atoms with van der Waals surface area (Å²) >= 11 is 5.31. The van der Waals surface area contributed by atoms with Gasteiger partial charge in [-0.25, -0.2) is 8.42 Å². The molecule has 1 rings (SSSR count). The molecule has 0 unspecified atom stereocenters. The van der Waals surface area contributed by atoms with Crippen LogP contribution in [-0.2, 0) is 14.8 Å². The number of hydrogen-bond donors (Lipinski definition) is 2. The Morgan fingerprint density at radius 3 is 2.37 bits per heavy atom. The molecule has 0 saturated carbocycles. The van der Waals surface area contributed by atoms with Gasteiger partial charge in [0, 0.05) is 11.1 Å². The van der Waals surface area contributed by atoms with Crippen molar-refractivity contribution in [3.8, 4) is 0 Å². The van der Waals surface area contributed by atoms with E-state index in [1.807, 2.05) is 0 Å². The summed E-state index contributed by atoms with van der Waals surface area (Å²) < 4.78 is 25.0. The fourth-order valence-corrected chi connectivity index (χ4v) is 1.89. The van der Waals surface area contributed by atoms with Gasteiger partial charge in [-0.2, -0.15) is 0 Å². The van der Waals surface area contributed by atoms with Crippen molar-refractivity contribution in [2.75, 3.05) is 15.3 Å². The Bertz CT molecular complexity index is 565. The fraction of sp³-hybridized carbons (Fsp3) is 0.417. The number of carbonyl (C=O) groups is 1. The number of benzene rings is 1. The SMILES string of the molecule is CC(C)(C)C(=O)Nc1cccc(NS(=O)(=O)CCl)c1. The maximum absolute atomic E-state index is 11.8. The van der Waals surface area contributed by atoms with Gasteiger partial charge < -0.3 is 5.32 Å². The molecule has 1 aromatic rings. The zero-order valence-corrected chi connectivity index (χ0v) is 12.6. The molecule has 1 amide bonds. The summed E-state index contributed by atoms with van der Waals surface area (Å²) in [6.07, 6.45) is 0. The van der Waals surface area contributed by atoms with Crippen molar-refractivity contribution >= 4 is 38.9 Å². The minimum absolute atomic E-state index is 0.148. The number of alkyl halides is 1. The van der Waals surface area contributed by atoms with Crippen molar-refractivity contribution < 1.29 is 13.2 Å². The first-order valence-corrected chi connectivity index (χ1v) is 7.81. The number of rotatable bonds is 4. The van der Waals surface area contributed by atoms with Crippen LogP contribution in [0.5, 0.6) is 0 Å². The molecule has 0 spiro atoms. The highest BCUT2D eigenvalue weighted by Gasteiger charge is 2.21. The normalized spacial score (nSPS) is 12.0. The highest BCUT2D eigenvalue weighted by atomic mass is 35.5. The van der Waals surface area contributed by atoms with E-state index in [1.54, 1.807) is 39.0 Å². The maximum atomic E-state index is 11.8. The maximum Gasteiger partial charge on any atom is 0.246 e. The molecule has 0 fully saturated rings. The van der Waals surface area contributed by atoms with Crippen LogP contribution in [-0.4, -0.2) is 19.5 Å². The lowest BCUT2D eigenvalue weighted by Crippen LogP contribution is -2.27. The van der Waals surface area contributed by atoms with Crippen molar-refractivity contribution in [3.63, 3.8) is 0 Å². The lowest BCUT2D eigenvalue weighted by atomic mass is 9.95. The number of sulfonamides is 1. The van der Waals surface area contributed by atoms with E-state index in [0.29, 0.717) is 11.4 Å². The topological polar surface area (TPSA) is 75.3 Å². The highest BCUT2D eigenvalue weighted by Crippen LogP contribution is 2.20. The molecule has 7 heteroatoms. The van der Waals surface area contributed by atoms with Crippen LogP contribution < -0.4 is 10.0 Å². The molecule has 0 saturated heterocycles. The Hall–Kier alpha value is -1.27. The van der Waals surface area contributed by atoms with Crippen molar-refractivity contribution in [2.24, 2.45) is 5.41 Å². The number of nitrogens with one attached hydrogen (secondary N) is 2. The van der Waals surface area contributed by atoms with E-state index in [9.17, 15) is 13.2 Å². The van der Waals surface area contributed by atoms with Crippen molar-refractivity contribution in [3.05, 3.63) is 24.3 Å². The Morgan fingerprint density at radius 1 is 1.26 bits per heavy atom. The molecule has 0 bridgehead atoms. The van der Waals surface area contributed by atoms with Gasteiger partial charge in [-0.15, -0.1) is 11.6 Å². The molecule has 106 valence electrons. The van der Waals surface area contributed by atoms with Gasteiger partial charge in [0.2, 0.25) is 15.9 Å². The molecular weight excluding hydrogens is 288 g/mol. The van der Waals surface area contributed by atoms with Crippen LogP contribution in [0.1, 0.15) is 20.8 Å². The molecule has 0 atom stereocenters. The Balaban J connectivity index is 2.87. The first kappa shape index (κ1) is 15.8. The molecule has 2 N–H and O–H groups in total. The predicted molar refractivity (Wildman–Crippen MR) is 77.8 cm³/mol. The average molecular weight is 305 g/mol. The number of amides is 1. The van der Waals surface area contributed by atoms with Gasteiger partial charge >= 0.3 is 0 Å². The lowest BCUT2D eigenvalue weighted by Gasteiger charge is -2.18. The summed E-state index contributed by atoms with van der Waals surface area (Å²) in [6, 6.07) is 6.44. The second-order valence-corrected chi connectivity index (χ2v) is 7.42. The fourth-order valence-electron chi connectivity index (χ4n) is 1.19. The summed E-state index contributed by atoms with van der Waals surface area (Å²) in [6.45, 7) is 5.38. The van der Waals surface area contributed by atoms with E-state index in [2.05, 4.69) is 10.0 Å². The van der Waals surface area contributed by atoms with Gasteiger partial charge in [0.1, 0.15) is 5.21 Å². The van der Waals surface area contributed by atoms with Crippen LogP contribution in [0.4, 0.5) is 11.4 Å². The van der Waals surface area contributed by atoms with Gasteiger partial charge in [0.15, 0.2) is 0 Å². The molecule has 0 heterocycles. The summed E-state index contributed by atoms with van der Waals surface area (Å²) in [5.74, 6) is -0.148. The smallest absolute Gasteiger partial charge is 0.246 e. The van der Waals surface area contributed by atoms with Crippen molar-refractivity contribution in [1.29, 1.82) is 0 Å². The van der Waals surface area contributed by atoms with E-state index in [1.165, 1.54) is 6.07 Å². The highest BCUT2D eigenvalue weighted by molar-refractivity contribution is 7.93. The molecular formula is C12H17ClN2O3S. The second-order valence-electron chi connectivity index (χ2n) is 5.11. The molecule has 0 aromatic heterocycles. The number of halogens is 1. The summed E-state index contributed by atoms with van der Waals surface area (Å²) in [5, 5.41) is 2.20. The van der Waals surface area contributed by atoms with Gasteiger partial charge in [0.25, 0.3) is 0 Å². The monoisotopic (exact) mass is 304 g/mol.